The van der Waals surface area contributed by atoms with E-state index in [1.54, 1.807) is 6.92 Å². The maximum atomic E-state index is 14.2. The van der Waals surface area contributed by atoms with E-state index in [4.69, 9.17) is 4.42 Å². The van der Waals surface area contributed by atoms with Crippen LogP contribution in [0.5, 0.6) is 0 Å². The van der Waals surface area contributed by atoms with E-state index in [9.17, 15) is 4.39 Å². The standard InChI is InChI=1S/C17H24FNO/c1-10(2)8-14-13-7-6-12(5)16(18)17(13)20-15(14)9-19-11(3)4/h6-7,10-11,19H,8-9H2,1-5H3. The van der Waals surface area contributed by atoms with Crippen molar-refractivity contribution in [3.63, 3.8) is 0 Å². The summed E-state index contributed by atoms with van der Waals surface area (Å²) in [6.45, 7) is 10.9. The summed E-state index contributed by atoms with van der Waals surface area (Å²) >= 11 is 0. The van der Waals surface area contributed by atoms with Gasteiger partial charge in [-0.1, -0.05) is 39.8 Å². The third-order valence-corrected chi connectivity index (χ3v) is 3.46. The summed E-state index contributed by atoms with van der Waals surface area (Å²) in [6.07, 6.45) is 0.907. The van der Waals surface area contributed by atoms with Gasteiger partial charge >= 0.3 is 0 Å². The topological polar surface area (TPSA) is 25.2 Å². The Hall–Kier alpha value is -1.35. The molecule has 3 heteroatoms. The molecule has 0 aliphatic rings. The van der Waals surface area contributed by atoms with Gasteiger partial charge in [-0.25, -0.2) is 4.39 Å². The van der Waals surface area contributed by atoms with Crippen molar-refractivity contribution < 1.29 is 8.81 Å². The van der Waals surface area contributed by atoms with Crippen LogP contribution in [-0.4, -0.2) is 6.04 Å². The number of hydrogen-bond donors (Lipinski definition) is 1. The molecule has 1 heterocycles. The van der Waals surface area contributed by atoms with Crippen molar-refractivity contribution in [2.75, 3.05) is 0 Å². The minimum absolute atomic E-state index is 0.233. The molecule has 0 aliphatic heterocycles. The molecule has 0 amide bonds. The molecule has 0 atom stereocenters. The Morgan fingerprint density at radius 3 is 2.50 bits per heavy atom. The second-order valence-corrected chi connectivity index (χ2v) is 6.21. The van der Waals surface area contributed by atoms with Crippen LogP contribution in [0.15, 0.2) is 16.5 Å². The molecule has 0 fully saturated rings. The summed E-state index contributed by atoms with van der Waals surface area (Å²) in [7, 11) is 0. The van der Waals surface area contributed by atoms with Crippen molar-refractivity contribution in [3.8, 4) is 0 Å². The molecule has 110 valence electrons. The summed E-state index contributed by atoms with van der Waals surface area (Å²) in [5.41, 5.74) is 2.17. The van der Waals surface area contributed by atoms with E-state index < -0.39 is 0 Å². The maximum Gasteiger partial charge on any atom is 0.170 e. The minimum atomic E-state index is -0.233. The maximum absolute atomic E-state index is 14.2. The Morgan fingerprint density at radius 1 is 1.20 bits per heavy atom. The quantitative estimate of drug-likeness (QED) is 0.865. The van der Waals surface area contributed by atoms with E-state index in [2.05, 4.69) is 33.0 Å². The number of halogens is 1. The molecule has 0 radical (unpaired) electrons. The number of furan rings is 1. The normalized spacial score (nSPS) is 12.0. The van der Waals surface area contributed by atoms with Crippen molar-refractivity contribution >= 4 is 11.0 Å². The smallest absolute Gasteiger partial charge is 0.170 e. The van der Waals surface area contributed by atoms with Crippen molar-refractivity contribution in [1.29, 1.82) is 0 Å². The van der Waals surface area contributed by atoms with Crippen LogP contribution in [0.25, 0.3) is 11.0 Å². The highest BCUT2D eigenvalue weighted by atomic mass is 19.1. The number of hydrogen-bond acceptors (Lipinski definition) is 2. The van der Waals surface area contributed by atoms with Gasteiger partial charge in [0.2, 0.25) is 0 Å². The zero-order chi connectivity index (χ0) is 14.9. The molecular formula is C17H24FNO. The fourth-order valence-corrected chi connectivity index (χ4v) is 2.40. The molecule has 1 aromatic carbocycles. The molecule has 0 aliphatic carbocycles. The molecule has 0 spiro atoms. The van der Waals surface area contributed by atoms with Gasteiger partial charge in [0.05, 0.1) is 6.54 Å². The third kappa shape index (κ3) is 3.04. The summed E-state index contributed by atoms with van der Waals surface area (Å²) in [5, 5.41) is 4.27. The lowest BCUT2D eigenvalue weighted by Gasteiger charge is -2.09. The van der Waals surface area contributed by atoms with Crippen LogP contribution in [-0.2, 0) is 13.0 Å². The molecule has 1 aromatic heterocycles. The third-order valence-electron chi connectivity index (χ3n) is 3.46. The van der Waals surface area contributed by atoms with Crippen LogP contribution in [0.3, 0.4) is 0 Å². The van der Waals surface area contributed by atoms with Gasteiger partial charge in [-0.3, -0.25) is 0 Å². The molecule has 0 saturated carbocycles. The number of aryl methyl sites for hydroxylation is 1. The van der Waals surface area contributed by atoms with Crippen molar-refractivity contribution in [2.24, 2.45) is 5.92 Å². The molecule has 1 N–H and O–H groups in total. The number of fused-ring (bicyclic) bond motifs is 1. The molecule has 0 saturated heterocycles. The van der Waals surface area contributed by atoms with Gasteiger partial charge in [0.25, 0.3) is 0 Å². The van der Waals surface area contributed by atoms with Gasteiger partial charge in [0.15, 0.2) is 11.4 Å². The first-order valence-electron chi connectivity index (χ1n) is 7.32. The predicted molar refractivity (Wildman–Crippen MR) is 81.4 cm³/mol. The first kappa shape index (κ1) is 15.0. The SMILES string of the molecule is Cc1ccc2c(CC(C)C)c(CNC(C)C)oc2c1F. The van der Waals surface area contributed by atoms with Crippen molar-refractivity contribution in [1.82, 2.24) is 5.32 Å². The first-order chi connectivity index (χ1) is 9.40. The highest BCUT2D eigenvalue weighted by Crippen LogP contribution is 2.31. The summed E-state index contributed by atoms with van der Waals surface area (Å²) in [4.78, 5) is 0. The Kier molecular flexibility index (Phi) is 4.48. The lowest BCUT2D eigenvalue weighted by Crippen LogP contribution is -2.22. The zero-order valence-electron chi connectivity index (χ0n) is 13.0. The molecule has 2 rings (SSSR count). The van der Waals surface area contributed by atoms with Crippen LogP contribution in [0.1, 0.15) is 44.6 Å². The second kappa shape index (κ2) is 5.96. The predicted octanol–water partition coefficient (Wildman–Crippen LogP) is 4.58. The average molecular weight is 277 g/mol. The minimum Gasteiger partial charge on any atom is -0.456 e. The Labute approximate surface area is 120 Å². The van der Waals surface area contributed by atoms with E-state index in [0.29, 0.717) is 29.7 Å². The fraction of sp³-hybridized carbons (Fsp3) is 0.529. The molecule has 0 unspecified atom stereocenters. The number of rotatable bonds is 5. The van der Waals surface area contributed by atoms with E-state index in [1.807, 2.05) is 12.1 Å². The highest BCUT2D eigenvalue weighted by Gasteiger charge is 2.18. The summed E-state index contributed by atoms with van der Waals surface area (Å²) in [5.74, 6) is 1.15. The summed E-state index contributed by atoms with van der Waals surface area (Å²) in [6, 6.07) is 4.19. The van der Waals surface area contributed by atoms with E-state index >= 15 is 0 Å². The first-order valence-corrected chi connectivity index (χ1v) is 7.32. The Balaban J connectivity index is 2.51. The molecular weight excluding hydrogens is 253 g/mol. The Morgan fingerprint density at radius 2 is 1.90 bits per heavy atom. The van der Waals surface area contributed by atoms with Gasteiger partial charge in [-0.2, -0.15) is 0 Å². The molecule has 2 nitrogen and oxygen atoms in total. The van der Waals surface area contributed by atoms with Crippen LogP contribution in [0.2, 0.25) is 0 Å². The van der Waals surface area contributed by atoms with E-state index in [-0.39, 0.29) is 5.82 Å². The highest BCUT2D eigenvalue weighted by molar-refractivity contribution is 5.83. The monoisotopic (exact) mass is 277 g/mol. The second-order valence-electron chi connectivity index (χ2n) is 6.21. The van der Waals surface area contributed by atoms with Crippen molar-refractivity contribution in [2.45, 2.75) is 53.6 Å². The van der Waals surface area contributed by atoms with Crippen LogP contribution in [0.4, 0.5) is 4.39 Å². The van der Waals surface area contributed by atoms with E-state index in [1.165, 1.54) is 0 Å². The molecule has 2 aromatic rings. The summed E-state index contributed by atoms with van der Waals surface area (Å²) < 4.78 is 20.0. The zero-order valence-corrected chi connectivity index (χ0v) is 13.0. The molecule has 20 heavy (non-hydrogen) atoms. The largest absolute Gasteiger partial charge is 0.456 e. The number of nitrogens with one attached hydrogen (secondary N) is 1. The Bertz CT molecular complexity index is 599. The van der Waals surface area contributed by atoms with E-state index in [0.717, 1.165) is 23.1 Å². The van der Waals surface area contributed by atoms with Gasteiger partial charge in [-0.05, 0) is 24.8 Å². The van der Waals surface area contributed by atoms with Gasteiger partial charge in [-0.15, -0.1) is 0 Å². The van der Waals surface area contributed by atoms with Gasteiger partial charge < -0.3 is 9.73 Å². The molecule has 0 bridgehead atoms. The van der Waals surface area contributed by atoms with Crippen LogP contribution < -0.4 is 5.32 Å². The van der Waals surface area contributed by atoms with Crippen LogP contribution in [0, 0.1) is 18.7 Å². The van der Waals surface area contributed by atoms with Crippen LogP contribution >= 0.6 is 0 Å². The fourth-order valence-electron chi connectivity index (χ4n) is 2.40. The average Bonchev–Trinajstić information content (AvgIpc) is 2.70. The van der Waals surface area contributed by atoms with Gasteiger partial charge in [0.1, 0.15) is 5.76 Å². The number of benzene rings is 1. The lowest BCUT2D eigenvalue weighted by molar-refractivity contribution is 0.467. The lowest BCUT2D eigenvalue weighted by atomic mass is 9.99. The van der Waals surface area contributed by atoms with Gasteiger partial charge in [0, 0.05) is 17.0 Å². The van der Waals surface area contributed by atoms with Crippen molar-refractivity contribution in [3.05, 3.63) is 34.8 Å².